The van der Waals surface area contributed by atoms with Gasteiger partial charge in [-0.1, -0.05) is 0 Å². The first-order valence-electron chi connectivity index (χ1n) is 9.52. The van der Waals surface area contributed by atoms with Crippen LogP contribution >= 0.6 is 0 Å². The zero-order chi connectivity index (χ0) is 19.3. The van der Waals surface area contributed by atoms with Crippen LogP contribution in [-0.4, -0.2) is 38.1 Å². The van der Waals surface area contributed by atoms with Crippen molar-refractivity contribution >= 4 is 28.9 Å². The summed E-state index contributed by atoms with van der Waals surface area (Å²) >= 11 is 0. The van der Waals surface area contributed by atoms with Crippen molar-refractivity contribution < 1.29 is 19.1 Å². The molecule has 2 aliphatic heterocycles. The Bertz CT molecular complexity index is 860. The molecule has 0 saturated carbocycles. The molecule has 2 heterocycles. The summed E-state index contributed by atoms with van der Waals surface area (Å²) in [5.74, 6) is 0.498. The van der Waals surface area contributed by atoms with Gasteiger partial charge in [0.1, 0.15) is 19.6 Å². The number of carbonyl (C=O) groups is 2. The summed E-state index contributed by atoms with van der Waals surface area (Å²) in [4.78, 5) is 26.6. The molecule has 0 aliphatic carbocycles. The second-order valence-electron chi connectivity index (χ2n) is 6.87. The third-order valence-electron chi connectivity index (χ3n) is 4.77. The standard InChI is InChI=1S/C21H23N3O4/c25-20(22-15-3-6-17(7-4-15)24-9-1-2-10-24)14-21(26)23-16-5-8-18-19(13-16)28-12-11-27-18/h3-8,13H,1-2,9-12,14H2,(H,22,25)(H,23,26). The molecule has 0 bridgehead atoms. The molecule has 28 heavy (non-hydrogen) atoms. The largest absolute Gasteiger partial charge is 0.486 e. The van der Waals surface area contributed by atoms with E-state index in [1.807, 2.05) is 24.3 Å². The molecule has 0 atom stereocenters. The molecule has 4 rings (SSSR count). The lowest BCUT2D eigenvalue weighted by atomic mass is 10.2. The fourth-order valence-corrected chi connectivity index (χ4v) is 3.41. The van der Waals surface area contributed by atoms with Gasteiger partial charge in [-0.3, -0.25) is 9.59 Å². The van der Waals surface area contributed by atoms with Gasteiger partial charge in [-0.25, -0.2) is 0 Å². The maximum absolute atomic E-state index is 12.2. The van der Waals surface area contributed by atoms with Crippen LogP contribution in [0.5, 0.6) is 11.5 Å². The molecular weight excluding hydrogens is 358 g/mol. The zero-order valence-electron chi connectivity index (χ0n) is 15.6. The van der Waals surface area contributed by atoms with E-state index in [0.717, 1.165) is 18.8 Å². The van der Waals surface area contributed by atoms with Crippen molar-refractivity contribution in [2.45, 2.75) is 19.3 Å². The lowest BCUT2D eigenvalue weighted by Crippen LogP contribution is -2.22. The molecule has 146 valence electrons. The Kier molecular flexibility index (Phi) is 5.32. The smallest absolute Gasteiger partial charge is 0.233 e. The monoisotopic (exact) mass is 381 g/mol. The Hall–Kier alpha value is -3.22. The summed E-state index contributed by atoms with van der Waals surface area (Å²) in [6, 6.07) is 12.9. The van der Waals surface area contributed by atoms with Crippen molar-refractivity contribution in [2.75, 3.05) is 41.8 Å². The van der Waals surface area contributed by atoms with Crippen molar-refractivity contribution in [3.8, 4) is 11.5 Å². The minimum absolute atomic E-state index is 0.262. The Morgan fingerprint density at radius 1 is 0.821 bits per heavy atom. The molecule has 7 heteroatoms. The van der Waals surface area contributed by atoms with Gasteiger partial charge in [-0.15, -0.1) is 0 Å². The first kappa shape index (κ1) is 18.2. The summed E-state index contributed by atoms with van der Waals surface area (Å²) in [5.41, 5.74) is 2.41. The normalized spacial score (nSPS) is 15.2. The van der Waals surface area contributed by atoms with Gasteiger partial charge in [-0.05, 0) is 49.2 Å². The fourth-order valence-electron chi connectivity index (χ4n) is 3.41. The number of anilines is 3. The number of amides is 2. The van der Waals surface area contributed by atoms with Crippen molar-refractivity contribution in [3.63, 3.8) is 0 Å². The summed E-state index contributed by atoms with van der Waals surface area (Å²) in [6.45, 7) is 3.14. The van der Waals surface area contributed by atoms with E-state index in [2.05, 4.69) is 15.5 Å². The predicted octanol–water partition coefficient (Wildman–Crippen LogP) is 3.03. The molecule has 1 fully saturated rings. The summed E-state index contributed by atoms with van der Waals surface area (Å²) in [7, 11) is 0. The lowest BCUT2D eigenvalue weighted by Gasteiger charge is -2.19. The third kappa shape index (κ3) is 4.36. The Morgan fingerprint density at radius 2 is 1.43 bits per heavy atom. The minimum atomic E-state index is -0.386. The number of rotatable bonds is 5. The second-order valence-corrected chi connectivity index (χ2v) is 6.87. The van der Waals surface area contributed by atoms with E-state index in [1.165, 1.54) is 12.8 Å². The fraction of sp³-hybridized carbons (Fsp3) is 0.333. The van der Waals surface area contributed by atoms with Crippen LogP contribution < -0.4 is 25.0 Å². The van der Waals surface area contributed by atoms with Gasteiger partial charge in [0.25, 0.3) is 0 Å². The van der Waals surface area contributed by atoms with Crippen LogP contribution in [0.3, 0.4) is 0 Å². The van der Waals surface area contributed by atoms with E-state index in [4.69, 9.17) is 9.47 Å². The molecule has 2 aromatic rings. The van der Waals surface area contributed by atoms with Crippen LogP contribution in [0.25, 0.3) is 0 Å². The van der Waals surface area contributed by atoms with E-state index in [0.29, 0.717) is 36.1 Å². The van der Waals surface area contributed by atoms with Gasteiger partial charge >= 0.3 is 0 Å². The van der Waals surface area contributed by atoms with Crippen LogP contribution in [0.15, 0.2) is 42.5 Å². The average Bonchev–Trinajstić information content (AvgIpc) is 3.23. The van der Waals surface area contributed by atoms with Crippen LogP contribution in [0.4, 0.5) is 17.1 Å². The first-order chi connectivity index (χ1) is 13.7. The van der Waals surface area contributed by atoms with Crippen LogP contribution in [-0.2, 0) is 9.59 Å². The van der Waals surface area contributed by atoms with Crippen LogP contribution in [0.1, 0.15) is 19.3 Å². The van der Waals surface area contributed by atoms with Crippen LogP contribution in [0, 0.1) is 0 Å². The highest BCUT2D eigenvalue weighted by Gasteiger charge is 2.15. The van der Waals surface area contributed by atoms with Gasteiger partial charge in [-0.2, -0.15) is 0 Å². The molecule has 2 aromatic carbocycles. The Morgan fingerprint density at radius 3 is 2.14 bits per heavy atom. The van der Waals surface area contributed by atoms with E-state index in [-0.39, 0.29) is 18.2 Å². The second kappa shape index (κ2) is 8.21. The molecule has 2 N–H and O–H groups in total. The average molecular weight is 381 g/mol. The number of carbonyl (C=O) groups excluding carboxylic acids is 2. The van der Waals surface area contributed by atoms with Crippen molar-refractivity contribution in [1.82, 2.24) is 0 Å². The van der Waals surface area contributed by atoms with Crippen molar-refractivity contribution in [3.05, 3.63) is 42.5 Å². The molecule has 0 spiro atoms. The molecule has 1 saturated heterocycles. The molecule has 0 aromatic heterocycles. The van der Waals surface area contributed by atoms with E-state index in [1.54, 1.807) is 18.2 Å². The van der Waals surface area contributed by atoms with Gasteiger partial charge in [0, 0.05) is 36.2 Å². The van der Waals surface area contributed by atoms with E-state index >= 15 is 0 Å². The quantitative estimate of drug-likeness (QED) is 0.779. The number of hydrogen-bond donors (Lipinski definition) is 2. The van der Waals surface area contributed by atoms with Crippen molar-refractivity contribution in [1.29, 1.82) is 0 Å². The molecular formula is C21H23N3O4. The Labute approximate surface area is 163 Å². The Balaban J connectivity index is 1.29. The SMILES string of the molecule is O=C(CC(=O)Nc1ccc2c(c1)OCCO2)Nc1ccc(N2CCCC2)cc1. The van der Waals surface area contributed by atoms with Crippen molar-refractivity contribution in [2.24, 2.45) is 0 Å². The maximum atomic E-state index is 12.2. The van der Waals surface area contributed by atoms with Gasteiger partial charge in [0.15, 0.2) is 11.5 Å². The maximum Gasteiger partial charge on any atom is 0.233 e. The number of nitrogens with one attached hydrogen (secondary N) is 2. The number of nitrogens with zero attached hydrogens (tertiary/aromatic N) is 1. The molecule has 0 radical (unpaired) electrons. The minimum Gasteiger partial charge on any atom is -0.486 e. The number of benzene rings is 2. The first-order valence-corrected chi connectivity index (χ1v) is 9.52. The third-order valence-corrected chi connectivity index (χ3v) is 4.77. The van der Waals surface area contributed by atoms with Crippen LogP contribution in [0.2, 0.25) is 0 Å². The summed E-state index contributed by atoms with van der Waals surface area (Å²) in [5, 5.41) is 5.48. The van der Waals surface area contributed by atoms with E-state index < -0.39 is 0 Å². The summed E-state index contributed by atoms with van der Waals surface area (Å²) in [6.07, 6.45) is 2.18. The van der Waals surface area contributed by atoms with E-state index in [9.17, 15) is 9.59 Å². The van der Waals surface area contributed by atoms with Gasteiger partial charge in [0.2, 0.25) is 11.8 Å². The predicted molar refractivity (Wildman–Crippen MR) is 107 cm³/mol. The zero-order valence-corrected chi connectivity index (χ0v) is 15.6. The van der Waals surface area contributed by atoms with Gasteiger partial charge in [0.05, 0.1) is 0 Å². The molecule has 0 unspecified atom stereocenters. The topological polar surface area (TPSA) is 79.9 Å². The molecule has 2 amide bonds. The number of ether oxygens (including phenoxy) is 2. The molecule has 7 nitrogen and oxygen atoms in total. The highest BCUT2D eigenvalue weighted by Crippen LogP contribution is 2.32. The highest BCUT2D eigenvalue weighted by atomic mass is 16.6. The van der Waals surface area contributed by atoms with Gasteiger partial charge < -0.3 is 25.0 Å². The highest BCUT2D eigenvalue weighted by molar-refractivity contribution is 6.08. The number of fused-ring (bicyclic) bond motifs is 1. The molecule has 2 aliphatic rings. The number of hydrogen-bond acceptors (Lipinski definition) is 5. The lowest BCUT2D eigenvalue weighted by molar-refractivity contribution is -0.123. The summed E-state index contributed by atoms with van der Waals surface area (Å²) < 4.78 is 10.9.